The van der Waals surface area contributed by atoms with Gasteiger partial charge in [-0.3, -0.25) is 47.9 Å². The molecule has 2 aromatic rings. The van der Waals surface area contributed by atoms with E-state index < -0.39 is 144 Å². The third-order valence-electron chi connectivity index (χ3n) is 14.9. The number of aromatic amines is 1. The fraction of sp³-hybridized carbons (Fsp3) is 0.648. The lowest BCUT2D eigenvalue weighted by Gasteiger charge is -2.33. The van der Waals surface area contributed by atoms with Crippen LogP contribution in [0.5, 0.6) is 0 Å². The monoisotopic (exact) mass is 1200 g/mol. The van der Waals surface area contributed by atoms with Gasteiger partial charge in [-0.15, -0.1) is 0 Å². The lowest BCUT2D eigenvalue weighted by molar-refractivity contribution is -0.146. The molecule has 3 fully saturated rings. The molecular weight excluding hydrogens is 1120 g/mol. The van der Waals surface area contributed by atoms with Crippen LogP contribution in [0.2, 0.25) is 0 Å². The number of para-hydroxylation sites is 1. The van der Waals surface area contributed by atoms with Crippen molar-refractivity contribution in [2.24, 2.45) is 11.7 Å². The van der Waals surface area contributed by atoms with Crippen molar-refractivity contribution < 1.29 is 68.1 Å². The number of H-pyrrole nitrogens is 1. The van der Waals surface area contributed by atoms with Crippen molar-refractivity contribution in [1.29, 1.82) is 0 Å². The minimum atomic E-state index is -1.65. The summed E-state index contributed by atoms with van der Waals surface area (Å²) in [5.41, 5.74) is 8.01. The minimum absolute atomic E-state index is 0.00972. The molecule has 454 valence electrons. The van der Waals surface area contributed by atoms with Gasteiger partial charge in [-0.05, 0) is 119 Å². The maximum atomic E-state index is 14.5. The van der Waals surface area contributed by atoms with Crippen LogP contribution in [0, 0.1) is 5.92 Å². The number of amides is 9. The number of carboxylic acids is 2. The molecule has 1 aromatic carbocycles. The first-order chi connectivity index (χ1) is 39.0. The number of nitrogens with zero attached hydrogens (tertiary/aromatic N) is 3. The molecule has 11 atom stereocenters. The number of thiol groups is 1. The number of hydrogen-bond donors (Lipinski definition) is 12. The second-order valence-electron chi connectivity index (χ2n) is 21.4. The van der Waals surface area contributed by atoms with Crippen molar-refractivity contribution in [2.45, 2.75) is 164 Å². The Labute approximate surface area is 491 Å². The van der Waals surface area contributed by atoms with E-state index in [1.54, 1.807) is 6.20 Å². The Morgan fingerprint density at radius 1 is 0.646 bits per heavy atom. The molecule has 0 radical (unpaired) electrons. The van der Waals surface area contributed by atoms with Crippen molar-refractivity contribution in [2.75, 3.05) is 49.4 Å². The van der Waals surface area contributed by atoms with Gasteiger partial charge in [0.05, 0.1) is 12.1 Å². The van der Waals surface area contributed by atoms with Gasteiger partial charge in [0.15, 0.2) is 0 Å². The number of nitrogens with one attached hydrogen (secondary N) is 7. The van der Waals surface area contributed by atoms with Crippen LogP contribution < -0.4 is 37.6 Å². The molecule has 12 N–H and O–H groups in total. The highest BCUT2D eigenvalue weighted by molar-refractivity contribution is 7.98. The van der Waals surface area contributed by atoms with Crippen molar-refractivity contribution in [3.8, 4) is 0 Å². The van der Waals surface area contributed by atoms with Crippen LogP contribution in [0.4, 0.5) is 0 Å². The van der Waals surface area contributed by atoms with Crippen molar-refractivity contribution in [3.63, 3.8) is 0 Å². The van der Waals surface area contributed by atoms with Crippen molar-refractivity contribution in [3.05, 3.63) is 36.0 Å². The normalized spacial score (nSPS) is 20.0. The van der Waals surface area contributed by atoms with Crippen LogP contribution in [-0.4, -0.2) is 216 Å². The standard InChI is InChI=1S/C54H81N11O14S3/c1-29(2)25-38(60-45(69)33(55)26-31-27-56-34-12-7-6-11-32(31)34)46(70)61-39(28-80)47(71)62-44(30(3)66)53(77)65-22-10-15-42(65)49(73)57-35(16-17-43(67)68)51(75)63-20-8-13-40(63)48(72)58-36(18-23-81-4)52(76)64-21-9-14-41(64)50(74)59-37(54(78)79)19-24-82-5/h6-7,11-12,27,29-30,33,35-42,44,56,66,80H,8-10,13-26,28,55H2,1-5H3,(H,57,73)(H,58,72)(H,59,74)(H,60,69)(H,61,70)(H,62,71)(H,67,68)(H,78,79)/t30-,33+,35+,36+,37+,38+,39+,40+,41+,42+,44+/m1/s1. The maximum absolute atomic E-state index is 14.5. The number of likely N-dealkylation sites (tertiary alicyclic amines) is 3. The number of nitrogens with two attached hydrogens (primary N) is 1. The first kappa shape index (κ1) is 66.7. The van der Waals surface area contributed by atoms with Gasteiger partial charge in [-0.25, -0.2) is 4.79 Å². The predicted octanol–water partition coefficient (Wildman–Crippen LogP) is -0.268. The van der Waals surface area contributed by atoms with Gasteiger partial charge in [0.1, 0.15) is 54.4 Å². The molecule has 0 aliphatic carbocycles. The van der Waals surface area contributed by atoms with Crippen LogP contribution in [0.3, 0.4) is 0 Å². The Balaban J connectivity index is 1.24. The molecule has 0 unspecified atom stereocenters. The second kappa shape index (κ2) is 32.1. The molecule has 0 spiro atoms. The molecule has 82 heavy (non-hydrogen) atoms. The quantitative estimate of drug-likeness (QED) is 0.0433. The van der Waals surface area contributed by atoms with Gasteiger partial charge in [0.2, 0.25) is 53.2 Å². The fourth-order valence-electron chi connectivity index (χ4n) is 10.5. The third kappa shape index (κ3) is 18.2. The molecular formula is C54H81N11O14S3. The zero-order chi connectivity index (χ0) is 60.4. The average molecular weight is 1200 g/mol. The molecule has 28 heteroatoms. The molecule has 3 saturated heterocycles. The largest absolute Gasteiger partial charge is 0.481 e. The Kier molecular flexibility index (Phi) is 26.1. The number of carbonyl (C=O) groups is 11. The summed E-state index contributed by atoms with van der Waals surface area (Å²) < 4.78 is 0. The number of aromatic nitrogens is 1. The van der Waals surface area contributed by atoms with Gasteiger partial charge in [0, 0.05) is 48.9 Å². The first-order valence-electron chi connectivity index (χ1n) is 27.8. The van der Waals surface area contributed by atoms with Gasteiger partial charge < -0.3 is 72.6 Å². The van der Waals surface area contributed by atoms with E-state index in [4.69, 9.17) is 5.73 Å². The summed E-state index contributed by atoms with van der Waals surface area (Å²) in [5.74, 6) is -8.51. The molecule has 0 bridgehead atoms. The average Bonchev–Trinajstić information content (AvgIpc) is 4.43. The van der Waals surface area contributed by atoms with E-state index in [1.807, 2.05) is 50.6 Å². The number of rotatable bonds is 31. The van der Waals surface area contributed by atoms with Crippen LogP contribution in [-0.2, 0) is 59.2 Å². The van der Waals surface area contributed by atoms with E-state index in [9.17, 15) is 68.1 Å². The topological polar surface area (TPSA) is 372 Å². The molecule has 9 amide bonds. The van der Waals surface area contributed by atoms with Crippen molar-refractivity contribution >= 4 is 112 Å². The summed E-state index contributed by atoms with van der Waals surface area (Å²) in [6, 6.07) is -4.81. The zero-order valence-corrected chi connectivity index (χ0v) is 49.6. The van der Waals surface area contributed by atoms with Crippen LogP contribution in [0.25, 0.3) is 10.9 Å². The van der Waals surface area contributed by atoms with Crippen LogP contribution in [0.1, 0.15) is 97.0 Å². The highest BCUT2D eigenvalue weighted by Crippen LogP contribution is 2.25. The van der Waals surface area contributed by atoms with E-state index in [0.29, 0.717) is 24.3 Å². The number of carbonyl (C=O) groups excluding carboxylic acids is 9. The summed E-state index contributed by atoms with van der Waals surface area (Å²) in [5, 5.41) is 47.0. The Morgan fingerprint density at radius 3 is 1.61 bits per heavy atom. The second-order valence-corrected chi connectivity index (χ2v) is 23.8. The number of aliphatic hydroxyl groups excluding tert-OH is 1. The molecule has 0 saturated carbocycles. The van der Waals surface area contributed by atoms with E-state index in [0.717, 1.165) is 21.4 Å². The third-order valence-corrected chi connectivity index (χ3v) is 16.5. The van der Waals surface area contributed by atoms with Gasteiger partial charge in [-0.2, -0.15) is 36.2 Å². The summed E-state index contributed by atoms with van der Waals surface area (Å²) >= 11 is 7.12. The van der Waals surface area contributed by atoms with E-state index in [-0.39, 0.29) is 82.7 Å². The highest BCUT2D eigenvalue weighted by Gasteiger charge is 2.45. The zero-order valence-electron chi connectivity index (χ0n) is 47.1. The summed E-state index contributed by atoms with van der Waals surface area (Å²) in [6.45, 7) is 5.15. The van der Waals surface area contributed by atoms with Gasteiger partial charge in [-0.1, -0.05) is 32.0 Å². The SMILES string of the molecule is CSCC[C@H](NC(=O)[C@@H]1CCCN1C(=O)[C@H](CCSC)NC(=O)[C@@H]1CCCN1C(=O)[C@H](CCC(=O)O)NC(=O)[C@@H]1CCCN1C(=O)[C@@H](NC(=O)[C@H](CS)NC(=O)[C@H](CC(C)C)NC(=O)[C@@H](N)Cc1c[nH]c2ccccc12)[C@@H](C)O)C(=O)O. The Hall–Kier alpha value is -6.10. The molecule has 3 aliphatic rings. The number of benzene rings is 1. The molecule has 1 aromatic heterocycles. The molecule has 5 rings (SSSR count). The molecule has 4 heterocycles. The number of aliphatic hydroxyl groups is 1. The number of thioether (sulfide) groups is 2. The number of carboxylic acid groups (broad SMARTS) is 2. The lowest BCUT2D eigenvalue weighted by atomic mass is 10.0. The maximum Gasteiger partial charge on any atom is 0.326 e. The van der Waals surface area contributed by atoms with Gasteiger partial charge >= 0.3 is 11.9 Å². The van der Waals surface area contributed by atoms with Crippen LogP contribution in [0.15, 0.2) is 30.5 Å². The Bertz CT molecular complexity index is 2610. The number of aliphatic carboxylic acids is 2. The summed E-state index contributed by atoms with van der Waals surface area (Å²) in [6.07, 6.45) is 5.17. The number of fused-ring (bicyclic) bond motifs is 1. The fourth-order valence-corrected chi connectivity index (χ4v) is 11.7. The van der Waals surface area contributed by atoms with E-state index in [2.05, 4.69) is 49.5 Å². The molecule has 3 aliphatic heterocycles. The lowest BCUT2D eigenvalue weighted by Crippen LogP contribution is -2.62. The van der Waals surface area contributed by atoms with E-state index in [1.165, 1.54) is 40.2 Å². The smallest absolute Gasteiger partial charge is 0.326 e. The highest BCUT2D eigenvalue weighted by atomic mass is 32.2. The predicted molar refractivity (Wildman–Crippen MR) is 311 cm³/mol. The minimum Gasteiger partial charge on any atom is -0.481 e. The summed E-state index contributed by atoms with van der Waals surface area (Å²) in [7, 11) is 0. The Morgan fingerprint density at radius 2 is 1.12 bits per heavy atom. The first-order valence-corrected chi connectivity index (χ1v) is 31.2. The van der Waals surface area contributed by atoms with Crippen molar-refractivity contribution in [1.82, 2.24) is 51.6 Å². The summed E-state index contributed by atoms with van der Waals surface area (Å²) in [4.78, 5) is 157. The van der Waals surface area contributed by atoms with Gasteiger partial charge in [0.25, 0.3) is 0 Å². The number of hydrogen-bond acceptors (Lipinski definition) is 16. The van der Waals surface area contributed by atoms with E-state index >= 15 is 0 Å². The van der Waals surface area contributed by atoms with Crippen LogP contribution >= 0.6 is 36.2 Å². The molecule has 25 nitrogen and oxygen atoms in total.